The maximum absolute atomic E-state index is 12.9. The Kier molecular flexibility index (Phi) is 9.49. The number of nitrogens with one attached hydrogen (secondary N) is 2. The Labute approximate surface area is 188 Å². The maximum atomic E-state index is 12.9. The Morgan fingerprint density at radius 3 is 2.44 bits per heavy atom. The van der Waals surface area contributed by atoms with Crippen LogP contribution in [0.5, 0.6) is 0 Å². The van der Waals surface area contributed by atoms with Crippen molar-refractivity contribution in [2.75, 3.05) is 38.2 Å². The highest BCUT2D eigenvalue weighted by molar-refractivity contribution is 5.96. The minimum Gasteiger partial charge on any atom is -0.445 e. The van der Waals surface area contributed by atoms with E-state index in [0.29, 0.717) is 12.1 Å². The molecule has 1 saturated heterocycles. The molecule has 1 heterocycles. The van der Waals surface area contributed by atoms with Gasteiger partial charge in [-0.2, -0.15) is 0 Å². The number of benzene rings is 2. The number of morpholine rings is 1. The molecule has 8 heteroatoms. The molecule has 1 aliphatic heterocycles. The first-order valence-electron chi connectivity index (χ1n) is 10.9. The first-order chi connectivity index (χ1) is 15.6. The summed E-state index contributed by atoms with van der Waals surface area (Å²) in [6.45, 7) is 4.10. The molecule has 32 heavy (non-hydrogen) atoms. The molecule has 0 bridgehead atoms. The minimum absolute atomic E-state index is 0.0623. The predicted octanol–water partition coefficient (Wildman–Crippen LogP) is 2.52. The fraction of sp³-hybridized carbons (Fsp3) is 0.417. The van der Waals surface area contributed by atoms with Gasteiger partial charge in [0, 0.05) is 18.8 Å². The van der Waals surface area contributed by atoms with E-state index in [0.717, 1.165) is 50.4 Å². The Morgan fingerprint density at radius 2 is 1.75 bits per heavy atom. The molecule has 172 valence electrons. The third-order valence-corrected chi connectivity index (χ3v) is 5.30. The third kappa shape index (κ3) is 7.96. The fourth-order valence-electron chi connectivity index (χ4n) is 3.44. The quantitative estimate of drug-likeness (QED) is 0.524. The second-order valence-electron chi connectivity index (χ2n) is 7.70. The lowest BCUT2D eigenvalue weighted by molar-refractivity contribution is -0.118. The summed E-state index contributed by atoms with van der Waals surface area (Å²) in [5, 5.41) is 14.7. The van der Waals surface area contributed by atoms with Crippen molar-refractivity contribution in [1.29, 1.82) is 0 Å². The first-order valence-corrected chi connectivity index (χ1v) is 10.9. The highest BCUT2D eigenvalue weighted by Crippen LogP contribution is 2.12. The van der Waals surface area contributed by atoms with Gasteiger partial charge in [0.25, 0.3) is 0 Å². The van der Waals surface area contributed by atoms with Crippen molar-refractivity contribution in [1.82, 2.24) is 10.2 Å². The summed E-state index contributed by atoms with van der Waals surface area (Å²) in [5.41, 5.74) is 2.23. The van der Waals surface area contributed by atoms with E-state index < -0.39 is 12.1 Å². The van der Waals surface area contributed by atoms with E-state index >= 15 is 0 Å². The lowest BCUT2D eigenvalue weighted by atomic mass is 10.1. The minimum atomic E-state index is -0.725. The fourth-order valence-corrected chi connectivity index (χ4v) is 3.44. The van der Waals surface area contributed by atoms with Crippen molar-refractivity contribution in [3.63, 3.8) is 0 Å². The standard InChI is InChI=1S/C24H31N3O5/c28-17-19-8-10-21(11-9-19)25-23(29)22(7-4-12-27-13-15-31-16-14-27)26-24(30)32-18-20-5-2-1-3-6-20/h1-3,5-6,8-11,22,28H,4,7,12-18H2,(H,25,29)(H,26,30)/t22-/m0/s1. The van der Waals surface area contributed by atoms with Gasteiger partial charge in [-0.25, -0.2) is 4.79 Å². The van der Waals surface area contributed by atoms with Crippen molar-refractivity contribution in [2.45, 2.75) is 32.1 Å². The molecule has 0 aromatic heterocycles. The average Bonchev–Trinajstić information content (AvgIpc) is 2.84. The van der Waals surface area contributed by atoms with Crippen LogP contribution in [0.3, 0.4) is 0 Å². The Bertz CT molecular complexity index is 838. The van der Waals surface area contributed by atoms with Gasteiger partial charge in [0.2, 0.25) is 5.91 Å². The number of carbonyl (C=O) groups is 2. The third-order valence-electron chi connectivity index (χ3n) is 5.30. The second kappa shape index (κ2) is 12.8. The average molecular weight is 442 g/mol. The summed E-state index contributed by atoms with van der Waals surface area (Å²) in [6, 6.07) is 15.6. The van der Waals surface area contributed by atoms with E-state index in [-0.39, 0.29) is 19.1 Å². The lowest BCUT2D eigenvalue weighted by Crippen LogP contribution is -2.44. The highest BCUT2D eigenvalue weighted by Gasteiger charge is 2.22. The molecule has 1 aliphatic rings. The van der Waals surface area contributed by atoms with Gasteiger partial charge in [-0.1, -0.05) is 42.5 Å². The van der Waals surface area contributed by atoms with Gasteiger partial charge in [-0.05, 0) is 42.6 Å². The molecule has 2 aromatic rings. The summed E-state index contributed by atoms with van der Waals surface area (Å²) >= 11 is 0. The zero-order chi connectivity index (χ0) is 22.6. The van der Waals surface area contributed by atoms with Crippen LogP contribution >= 0.6 is 0 Å². The van der Waals surface area contributed by atoms with Crippen LogP contribution < -0.4 is 10.6 Å². The molecule has 1 atom stereocenters. The molecular weight excluding hydrogens is 410 g/mol. The zero-order valence-electron chi connectivity index (χ0n) is 18.2. The number of hydrogen-bond donors (Lipinski definition) is 3. The summed E-state index contributed by atoms with van der Waals surface area (Å²) in [6.07, 6.45) is 0.606. The van der Waals surface area contributed by atoms with E-state index in [4.69, 9.17) is 9.47 Å². The Hall–Kier alpha value is -2.94. The molecule has 0 aliphatic carbocycles. The molecule has 2 amide bonds. The number of aliphatic hydroxyl groups is 1. The molecule has 0 radical (unpaired) electrons. The van der Waals surface area contributed by atoms with E-state index in [1.165, 1.54) is 0 Å². The highest BCUT2D eigenvalue weighted by atomic mass is 16.5. The number of anilines is 1. The molecule has 8 nitrogen and oxygen atoms in total. The van der Waals surface area contributed by atoms with Gasteiger partial charge in [0.15, 0.2) is 0 Å². The van der Waals surface area contributed by atoms with Crippen molar-refractivity contribution in [3.05, 3.63) is 65.7 Å². The number of amides is 2. The lowest BCUT2D eigenvalue weighted by Gasteiger charge is -2.27. The molecule has 3 rings (SSSR count). The predicted molar refractivity (Wildman–Crippen MR) is 121 cm³/mol. The van der Waals surface area contributed by atoms with Gasteiger partial charge < -0.3 is 25.2 Å². The summed E-state index contributed by atoms with van der Waals surface area (Å²) in [4.78, 5) is 27.6. The number of alkyl carbamates (subject to hydrolysis) is 1. The van der Waals surface area contributed by atoms with E-state index in [1.54, 1.807) is 24.3 Å². The van der Waals surface area contributed by atoms with Crippen molar-refractivity contribution in [2.24, 2.45) is 0 Å². The van der Waals surface area contributed by atoms with Crippen LogP contribution in [-0.2, 0) is 27.5 Å². The van der Waals surface area contributed by atoms with Crippen LogP contribution in [0, 0.1) is 0 Å². The van der Waals surface area contributed by atoms with E-state index in [2.05, 4.69) is 15.5 Å². The maximum Gasteiger partial charge on any atom is 0.408 e. The van der Waals surface area contributed by atoms with Gasteiger partial charge >= 0.3 is 6.09 Å². The van der Waals surface area contributed by atoms with Gasteiger partial charge in [-0.3, -0.25) is 9.69 Å². The van der Waals surface area contributed by atoms with Crippen molar-refractivity contribution < 1.29 is 24.2 Å². The number of ether oxygens (including phenoxy) is 2. The topological polar surface area (TPSA) is 100 Å². The number of rotatable bonds is 10. The number of nitrogens with zero attached hydrogens (tertiary/aromatic N) is 1. The molecule has 1 fully saturated rings. The van der Waals surface area contributed by atoms with Crippen LogP contribution in [0.4, 0.5) is 10.5 Å². The summed E-state index contributed by atoms with van der Waals surface area (Å²) in [5.74, 6) is -0.305. The molecule has 0 spiro atoms. The van der Waals surface area contributed by atoms with Gasteiger partial charge in [0.1, 0.15) is 12.6 Å². The van der Waals surface area contributed by atoms with Crippen LogP contribution in [0.2, 0.25) is 0 Å². The van der Waals surface area contributed by atoms with Gasteiger partial charge in [0.05, 0.1) is 19.8 Å². The monoisotopic (exact) mass is 441 g/mol. The normalized spacial score (nSPS) is 15.0. The Morgan fingerprint density at radius 1 is 1.03 bits per heavy atom. The van der Waals surface area contributed by atoms with Crippen LogP contribution in [0.1, 0.15) is 24.0 Å². The van der Waals surface area contributed by atoms with Crippen LogP contribution in [0.15, 0.2) is 54.6 Å². The van der Waals surface area contributed by atoms with Crippen molar-refractivity contribution >= 4 is 17.7 Å². The molecule has 2 aromatic carbocycles. The first kappa shape index (κ1) is 23.7. The number of hydrogen-bond acceptors (Lipinski definition) is 6. The smallest absolute Gasteiger partial charge is 0.408 e. The number of carbonyl (C=O) groups excluding carboxylic acids is 2. The van der Waals surface area contributed by atoms with Crippen LogP contribution in [0.25, 0.3) is 0 Å². The molecule has 3 N–H and O–H groups in total. The molecule has 0 unspecified atom stereocenters. The summed E-state index contributed by atoms with van der Waals surface area (Å²) < 4.78 is 10.7. The second-order valence-corrected chi connectivity index (χ2v) is 7.70. The van der Waals surface area contributed by atoms with E-state index in [1.807, 2.05) is 30.3 Å². The van der Waals surface area contributed by atoms with Crippen molar-refractivity contribution in [3.8, 4) is 0 Å². The molecule has 0 saturated carbocycles. The number of aliphatic hydroxyl groups excluding tert-OH is 1. The largest absolute Gasteiger partial charge is 0.445 e. The van der Waals surface area contributed by atoms with Gasteiger partial charge in [-0.15, -0.1) is 0 Å². The summed E-state index contributed by atoms with van der Waals surface area (Å²) in [7, 11) is 0. The van der Waals surface area contributed by atoms with Crippen LogP contribution in [-0.4, -0.2) is 60.9 Å². The zero-order valence-corrected chi connectivity index (χ0v) is 18.2. The SMILES string of the molecule is O=C(N[C@@H](CCCN1CCOCC1)C(=O)Nc1ccc(CO)cc1)OCc1ccccc1. The Balaban J connectivity index is 1.55. The van der Waals surface area contributed by atoms with E-state index in [9.17, 15) is 14.7 Å². The molecular formula is C24H31N3O5.